The van der Waals surface area contributed by atoms with Crippen molar-refractivity contribution in [3.05, 3.63) is 54.2 Å². The van der Waals surface area contributed by atoms with Gasteiger partial charge in [0, 0.05) is 0 Å². The van der Waals surface area contributed by atoms with Gasteiger partial charge in [0.05, 0.1) is 23.7 Å². The molecular formula is C12H10N2O. The molecule has 0 bridgehead atoms. The summed E-state index contributed by atoms with van der Waals surface area (Å²) < 4.78 is 5.27. The number of hydrogen-bond donors (Lipinski definition) is 1. The number of fused-ring (bicyclic) bond motifs is 1. The van der Waals surface area contributed by atoms with Crippen LogP contribution in [0.4, 0.5) is 0 Å². The third-order valence-electron chi connectivity index (χ3n) is 2.36. The van der Waals surface area contributed by atoms with Crippen LogP contribution in [0.15, 0.2) is 47.1 Å². The van der Waals surface area contributed by atoms with Gasteiger partial charge in [0.2, 0.25) is 0 Å². The summed E-state index contributed by atoms with van der Waals surface area (Å²) in [5.74, 6) is 1.86. The van der Waals surface area contributed by atoms with E-state index in [0.717, 1.165) is 22.6 Å². The Bertz CT molecular complexity index is 533. The highest BCUT2D eigenvalue weighted by atomic mass is 16.3. The largest absolute Gasteiger partial charge is 0.469 e. The summed E-state index contributed by atoms with van der Waals surface area (Å²) in [4.78, 5) is 7.73. The molecule has 1 N–H and O–H groups in total. The molecular weight excluding hydrogens is 188 g/mol. The van der Waals surface area contributed by atoms with Crippen LogP contribution in [0.25, 0.3) is 11.0 Å². The van der Waals surface area contributed by atoms with Crippen molar-refractivity contribution in [1.29, 1.82) is 0 Å². The Morgan fingerprint density at radius 3 is 2.87 bits per heavy atom. The van der Waals surface area contributed by atoms with Gasteiger partial charge in [-0.1, -0.05) is 12.1 Å². The molecule has 74 valence electrons. The fraction of sp³-hybridized carbons (Fsp3) is 0.0833. The second-order valence-corrected chi connectivity index (χ2v) is 3.46. The second-order valence-electron chi connectivity index (χ2n) is 3.46. The molecule has 0 saturated heterocycles. The average Bonchev–Trinajstić information content (AvgIpc) is 2.86. The molecule has 3 aromatic rings. The molecule has 0 saturated carbocycles. The van der Waals surface area contributed by atoms with E-state index in [4.69, 9.17) is 4.42 Å². The van der Waals surface area contributed by atoms with Gasteiger partial charge in [-0.25, -0.2) is 4.98 Å². The minimum atomic E-state index is 0.710. The lowest BCUT2D eigenvalue weighted by atomic mass is 10.3. The normalized spacial score (nSPS) is 10.9. The highest BCUT2D eigenvalue weighted by Crippen LogP contribution is 2.13. The van der Waals surface area contributed by atoms with Crippen molar-refractivity contribution in [3.8, 4) is 0 Å². The SMILES string of the molecule is c1coc(Cc2nc3ccccc3[nH]2)c1. The maximum absolute atomic E-state index is 5.27. The van der Waals surface area contributed by atoms with E-state index in [2.05, 4.69) is 9.97 Å². The van der Waals surface area contributed by atoms with Crippen molar-refractivity contribution in [2.75, 3.05) is 0 Å². The van der Waals surface area contributed by atoms with E-state index in [9.17, 15) is 0 Å². The Kier molecular flexibility index (Phi) is 1.81. The van der Waals surface area contributed by atoms with Gasteiger partial charge in [-0.05, 0) is 24.3 Å². The standard InChI is InChI=1S/C12H10N2O/c1-2-6-11-10(5-1)13-12(14-11)8-9-4-3-7-15-9/h1-7H,8H2,(H,13,14). The number of H-pyrrole nitrogens is 1. The summed E-state index contributed by atoms with van der Waals surface area (Å²) in [5.41, 5.74) is 2.07. The molecule has 1 aromatic carbocycles. The number of nitrogens with one attached hydrogen (secondary N) is 1. The zero-order chi connectivity index (χ0) is 10.1. The number of benzene rings is 1. The minimum absolute atomic E-state index is 0.710. The van der Waals surface area contributed by atoms with Gasteiger partial charge in [0.25, 0.3) is 0 Å². The Labute approximate surface area is 86.8 Å². The van der Waals surface area contributed by atoms with Crippen LogP contribution < -0.4 is 0 Å². The van der Waals surface area contributed by atoms with Crippen molar-refractivity contribution >= 4 is 11.0 Å². The first kappa shape index (κ1) is 8.29. The van der Waals surface area contributed by atoms with Gasteiger partial charge in [-0.2, -0.15) is 0 Å². The van der Waals surface area contributed by atoms with Crippen molar-refractivity contribution < 1.29 is 4.42 Å². The van der Waals surface area contributed by atoms with Crippen molar-refractivity contribution in [1.82, 2.24) is 9.97 Å². The Morgan fingerprint density at radius 2 is 2.07 bits per heavy atom. The highest BCUT2D eigenvalue weighted by molar-refractivity contribution is 5.74. The molecule has 3 heteroatoms. The fourth-order valence-corrected chi connectivity index (χ4v) is 1.67. The predicted octanol–water partition coefficient (Wildman–Crippen LogP) is 2.75. The van der Waals surface area contributed by atoms with Crippen molar-refractivity contribution in [3.63, 3.8) is 0 Å². The van der Waals surface area contributed by atoms with E-state index in [-0.39, 0.29) is 0 Å². The lowest BCUT2D eigenvalue weighted by molar-refractivity contribution is 0.518. The number of aromatic amines is 1. The van der Waals surface area contributed by atoms with Gasteiger partial charge in [-0.3, -0.25) is 0 Å². The van der Waals surface area contributed by atoms with Crippen molar-refractivity contribution in [2.24, 2.45) is 0 Å². The summed E-state index contributed by atoms with van der Waals surface area (Å²) in [6, 6.07) is 11.8. The summed E-state index contributed by atoms with van der Waals surface area (Å²) in [5, 5.41) is 0. The second kappa shape index (κ2) is 3.28. The van der Waals surface area contributed by atoms with E-state index < -0.39 is 0 Å². The molecule has 0 aliphatic carbocycles. The molecule has 3 rings (SSSR count). The number of furan rings is 1. The Morgan fingerprint density at radius 1 is 1.13 bits per heavy atom. The third kappa shape index (κ3) is 1.52. The minimum Gasteiger partial charge on any atom is -0.469 e. The predicted molar refractivity (Wildman–Crippen MR) is 57.6 cm³/mol. The number of nitrogens with zero attached hydrogens (tertiary/aromatic N) is 1. The van der Waals surface area contributed by atoms with Gasteiger partial charge in [-0.15, -0.1) is 0 Å². The fourth-order valence-electron chi connectivity index (χ4n) is 1.67. The molecule has 0 spiro atoms. The van der Waals surface area contributed by atoms with Crippen LogP contribution in [0.5, 0.6) is 0 Å². The smallest absolute Gasteiger partial charge is 0.114 e. The summed E-state index contributed by atoms with van der Waals surface area (Å²) in [6.07, 6.45) is 2.39. The lowest BCUT2D eigenvalue weighted by Gasteiger charge is -1.90. The van der Waals surface area contributed by atoms with Crippen LogP contribution in [-0.4, -0.2) is 9.97 Å². The molecule has 2 aromatic heterocycles. The quantitative estimate of drug-likeness (QED) is 0.687. The maximum Gasteiger partial charge on any atom is 0.114 e. The van der Waals surface area contributed by atoms with Crippen molar-refractivity contribution in [2.45, 2.75) is 6.42 Å². The van der Waals surface area contributed by atoms with E-state index >= 15 is 0 Å². The number of rotatable bonds is 2. The zero-order valence-corrected chi connectivity index (χ0v) is 8.10. The van der Waals surface area contributed by atoms with E-state index in [1.165, 1.54) is 0 Å². The van der Waals surface area contributed by atoms with Gasteiger partial charge >= 0.3 is 0 Å². The average molecular weight is 198 g/mol. The monoisotopic (exact) mass is 198 g/mol. The van der Waals surface area contributed by atoms with Gasteiger partial charge in [0.1, 0.15) is 11.6 Å². The van der Waals surface area contributed by atoms with Gasteiger partial charge < -0.3 is 9.40 Å². The van der Waals surface area contributed by atoms with Crippen LogP contribution in [0, 0.1) is 0 Å². The molecule has 3 nitrogen and oxygen atoms in total. The van der Waals surface area contributed by atoms with Crippen LogP contribution >= 0.6 is 0 Å². The number of aromatic nitrogens is 2. The van der Waals surface area contributed by atoms with Crippen LogP contribution in [-0.2, 0) is 6.42 Å². The molecule has 0 unspecified atom stereocenters. The number of imidazole rings is 1. The van der Waals surface area contributed by atoms with Crippen LogP contribution in [0.2, 0.25) is 0 Å². The van der Waals surface area contributed by atoms with Gasteiger partial charge in [0.15, 0.2) is 0 Å². The molecule has 0 radical (unpaired) electrons. The van der Waals surface area contributed by atoms with E-state index in [1.807, 2.05) is 36.4 Å². The molecule has 0 atom stereocenters. The Balaban J connectivity index is 1.98. The molecule has 0 fully saturated rings. The number of para-hydroxylation sites is 2. The first-order chi connectivity index (χ1) is 7.42. The molecule has 0 aliphatic heterocycles. The lowest BCUT2D eigenvalue weighted by Crippen LogP contribution is -1.87. The molecule has 15 heavy (non-hydrogen) atoms. The molecule has 0 aliphatic rings. The first-order valence-corrected chi connectivity index (χ1v) is 4.88. The third-order valence-corrected chi connectivity index (χ3v) is 2.36. The Hall–Kier alpha value is -2.03. The maximum atomic E-state index is 5.27. The number of hydrogen-bond acceptors (Lipinski definition) is 2. The molecule has 0 amide bonds. The topological polar surface area (TPSA) is 41.8 Å². The zero-order valence-electron chi connectivity index (χ0n) is 8.10. The molecule has 2 heterocycles. The van der Waals surface area contributed by atoms with Crippen LogP contribution in [0.3, 0.4) is 0 Å². The summed E-state index contributed by atoms with van der Waals surface area (Å²) >= 11 is 0. The first-order valence-electron chi connectivity index (χ1n) is 4.88. The van der Waals surface area contributed by atoms with E-state index in [0.29, 0.717) is 6.42 Å². The highest BCUT2D eigenvalue weighted by Gasteiger charge is 2.04. The van der Waals surface area contributed by atoms with Crippen LogP contribution in [0.1, 0.15) is 11.6 Å². The summed E-state index contributed by atoms with van der Waals surface area (Å²) in [6.45, 7) is 0. The summed E-state index contributed by atoms with van der Waals surface area (Å²) in [7, 11) is 0. The van der Waals surface area contributed by atoms with E-state index in [1.54, 1.807) is 6.26 Å².